The van der Waals surface area contributed by atoms with Crippen LogP contribution < -0.4 is 10.6 Å². The number of aryl methyl sites for hydroxylation is 2. The Balaban J connectivity index is 0.00000242. The maximum atomic E-state index is 5.53. The van der Waals surface area contributed by atoms with Gasteiger partial charge in [-0.2, -0.15) is 0 Å². The first kappa shape index (κ1) is 18.5. The van der Waals surface area contributed by atoms with Crippen molar-refractivity contribution in [2.24, 2.45) is 4.99 Å². The van der Waals surface area contributed by atoms with Crippen LogP contribution in [0.5, 0.6) is 0 Å². The Labute approximate surface area is 148 Å². The van der Waals surface area contributed by atoms with E-state index in [2.05, 4.69) is 25.2 Å². The number of hydrogen-bond acceptors (Lipinski definition) is 3. The standard InChI is InChI=1S/C15H23N5O.HI/c1-4-16-15(17-7-10-20-8-5-6-9-20)18-11-14-19-12(2)13(3)21-14;/h5-6,8-9H,4,7,10-11H2,1-3H3,(H2,16,17,18);1H. The molecule has 2 aromatic rings. The zero-order valence-corrected chi connectivity index (χ0v) is 15.6. The van der Waals surface area contributed by atoms with Gasteiger partial charge in [-0.1, -0.05) is 0 Å². The van der Waals surface area contributed by atoms with Crippen LogP contribution in [-0.4, -0.2) is 28.6 Å². The third-order valence-electron chi connectivity index (χ3n) is 3.12. The van der Waals surface area contributed by atoms with E-state index in [9.17, 15) is 0 Å². The van der Waals surface area contributed by atoms with Crippen LogP contribution in [0.25, 0.3) is 0 Å². The van der Waals surface area contributed by atoms with E-state index in [1.807, 2.05) is 45.3 Å². The van der Waals surface area contributed by atoms with Crippen molar-refractivity contribution in [1.82, 2.24) is 20.2 Å². The van der Waals surface area contributed by atoms with Crippen LogP contribution >= 0.6 is 24.0 Å². The van der Waals surface area contributed by atoms with Crippen LogP contribution in [0.1, 0.15) is 24.3 Å². The molecule has 0 aromatic carbocycles. The highest BCUT2D eigenvalue weighted by Crippen LogP contribution is 2.08. The van der Waals surface area contributed by atoms with Gasteiger partial charge in [0.05, 0.1) is 5.69 Å². The van der Waals surface area contributed by atoms with Crippen LogP contribution in [-0.2, 0) is 13.1 Å². The molecule has 2 aromatic heterocycles. The molecule has 0 unspecified atom stereocenters. The molecule has 0 fully saturated rings. The fourth-order valence-corrected chi connectivity index (χ4v) is 1.92. The Morgan fingerprint density at radius 1 is 1.27 bits per heavy atom. The number of nitrogens with zero attached hydrogens (tertiary/aromatic N) is 3. The third kappa shape index (κ3) is 5.70. The largest absolute Gasteiger partial charge is 0.444 e. The van der Waals surface area contributed by atoms with Gasteiger partial charge in [-0.15, -0.1) is 24.0 Å². The molecule has 0 saturated carbocycles. The van der Waals surface area contributed by atoms with Gasteiger partial charge in [0, 0.05) is 32.0 Å². The molecule has 6 nitrogen and oxygen atoms in total. The normalized spacial score (nSPS) is 11.1. The second kappa shape index (κ2) is 9.50. The van der Waals surface area contributed by atoms with Gasteiger partial charge in [-0.3, -0.25) is 0 Å². The molecule has 2 heterocycles. The van der Waals surface area contributed by atoms with Gasteiger partial charge in [-0.05, 0) is 32.9 Å². The van der Waals surface area contributed by atoms with Gasteiger partial charge in [0.1, 0.15) is 12.3 Å². The van der Waals surface area contributed by atoms with Crippen LogP contribution in [0, 0.1) is 13.8 Å². The Kier molecular flexibility index (Phi) is 8.00. The first-order valence-corrected chi connectivity index (χ1v) is 7.25. The molecule has 22 heavy (non-hydrogen) atoms. The summed E-state index contributed by atoms with van der Waals surface area (Å²) in [5, 5.41) is 6.51. The van der Waals surface area contributed by atoms with E-state index in [0.29, 0.717) is 12.4 Å². The van der Waals surface area contributed by atoms with Gasteiger partial charge in [-0.25, -0.2) is 9.98 Å². The molecule has 0 aliphatic rings. The molecule has 122 valence electrons. The molecule has 0 saturated heterocycles. The van der Waals surface area contributed by atoms with Gasteiger partial charge < -0.3 is 19.6 Å². The number of hydrogen-bond donors (Lipinski definition) is 2. The van der Waals surface area contributed by atoms with E-state index in [4.69, 9.17) is 4.42 Å². The van der Waals surface area contributed by atoms with E-state index in [1.165, 1.54) is 0 Å². The molecule has 0 atom stereocenters. The molecule has 0 amide bonds. The lowest BCUT2D eigenvalue weighted by atomic mass is 10.4. The minimum atomic E-state index is 0. The highest BCUT2D eigenvalue weighted by molar-refractivity contribution is 14.0. The fraction of sp³-hybridized carbons (Fsp3) is 0.467. The zero-order valence-electron chi connectivity index (χ0n) is 13.3. The van der Waals surface area contributed by atoms with Gasteiger partial charge in [0.15, 0.2) is 5.96 Å². The molecule has 7 heteroatoms. The second-order valence-corrected chi connectivity index (χ2v) is 4.79. The average Bonchev–Trinajstić information content (AvgIpc) is 3.07. The summed E-state index contributed by atoms with van der Waals surface area (Å²) in [6.45, 7) is 8.86. The SMILES string of the molecule is CCNC(=NCc1nc(C)c(C)o1)NCCn1cccc1.I. The number of oxazole rings is 1. The lowest BCUT2D eigenvalue weighted by Gasteiger charge is -2.11. The van der Waals surface area contributed by atoms with Crippen LogP contribution in [0.15, 0.2) is 33.9 Å². The quantitative estimate of drug-likeness (QED) is 0.431. The minimum Gasteiger partial charge on any atom is -0.444 e. The summed E-state index contributed by atoms with van der Waals surface area (Å²) in [7, 11) is 0. The summed E-state index contributed by atoms with van der Waals surface area (Å²) in [5.74, 6) is 2.27. The van der Waals surface area contributed by atoms with Crippen molar-refractivity contribution in [3.63, 3.8) is 0 Å². The first-order valence-electron chi connectivity index (χ1n) is 7.25. The van der Waals surface area contributed by atoms with Crippen molar-refractivity contribution in [1.29, 1.82) is 0 Å². The number of guanidine groups is 1. The van der Waals surface area contributed by atoms with E-state index < -0.39 is 0 Å². The van der Waals surface area contributed by atoms with Crippen molar-refractivity contribution in [2.45, 2.75) is 33.9 Å². The zero-order chi connectivity index (χ0) is 15.1. The van der Waals surface area contributed by atoms with Crippen molar-refractivity contribution in [3.05, 3.63) is 41.9 Å². The molecule has 2 N–H and O–H groups in total. The lowest BCUT2D eigenvalue weighted by Crippen LogP contribution is -2.38. The topological polar surface area (TPSA) is 67.4 Å². The molecule has 0 radical (unpaired) electrons. The third-order valence-corrected chi connectivity index (χ3v) is 3.12. The van der Waals surface area contributed by atoms with Crippen molar-refractivity contribution in [3.8, 4) is 0 Å². The number of aliphatic imine (C=N–C) groups is 1. The average molecular weight is 417 g/mol. The molecule has 0 aliphatic carbocycles. The van der Waals surface area contributed by atoms with E-state index in [1.54, 1.807) is 0 Å². The summed E-state index contributed by atoms with van der Waals surface area (Å²) in [5.41, 5.74) is 0.922. The summed E-state index contributed by atoms with van der Waals surface area (Å²) >= 11 is 0. The number of rotatable bonds is 6. The maximum absolute atomic E-state index is 5.53. The summed E-state index contributed by atoms with van der Waals surface area (Å²) in [4.78, 5) is 8.82. The van der Waals surface area contributed by atoms with E-state index in [-0.39, 0.29) is 24.0 Å². The predicted octanol–water partition coefficient (Wildman–Crippen LogP) is 2.47. The number of aromatic nitrogens is 2. The molecular weight excluding hydrogens is 393 g/mol. The summed E-state index contributed by atoms with van der Waals surface area (Å²) in [6, 6.07) is 4.04. The van der Waals surface area contributed by atoms with Crippen LogP contribution in [0.4, 0.5) is 0 Å². The molecular formula is C15H24IN5O. The first-order chi connectivity index (χ1) is 10.2. The van der Waals surface area contributed by atoms with Crippen molar-refractivity contribution in [2.75, 3.05) is 13.1 Å². The second-order valence-electron chi connectivity index (χ2n) is 4.79. The molecule has 0 aliphatic heterocycles. The lowest BCUT2D eigenvalue weighted by molar-refractivity contribution is 0.472. The van der Waals surface area contributed by atoms with E-state index in [0.717, 1.165) is 37.0 Å². The fourth-order valence-electron chi connectivity index (χ4n) is 1.92. The molecule has 0 spiro atoms. The van der Waals surface area contributed by atoms with Gasteiger partial charge in [0.25, 0.3) is 0 Å². The maximum Gasteiger partial charge on any atom is 0.216 e. The number of nitrogens with one attached hydrogen (secondary N) is 2. The smallest absolute Gasteiger partial charge is 0.216 e. The highest BCUT2D eigenvalue weighted by Gasteiger charge is 2.05. The minimum absolute atomic E-state index is 0. The molecule has 2 rings (SSSR count). The molecule has 0 bridgehead atoms. The Bertz CT molecular complexity index is 557. The van der Waals surface area contributed by atoms with E-state index >= 15 is 0 Å². The van der Waals surface area contributed by atoms with Gasteiger partial charge in [0.2, 0.25) is 5.89 Å². The summed E-state index contributed by atoms with van der Waals surface area (Å²) in [6.07, 6.45) is 4.09. The highest BCUT2D eigenvalue weighted by atomic mass is 127. The Morgan fingerprint density at radius 2 is 2.00 bits per heavy atom. The Hall–Kier alpha value is -1.51. The van der Waals surface area contributed by atoms with Crippen LogP contribution in [0.2, 0.25) is 0 Å². The van der Waals surface area contributed by atoms with Gasteiger partial charge >= 0.3 is 0 Å². The van der Waals surface area contributed by atoms with Crippen molar-refractivity contribution >= 4 is 29.9 Å². The predicted molar refractivity (Wildman–Crippen MR) is 98.6 cm³/mol. The van der Waals surface area contributed by atoms with Crippen LogP contribution in [0.3, 0.4) is 0 Å². The van der Waals surface area contributed by atoms with Crippen molar-refractivity contribution < 1.29 is 4.42 Å². The Morgan fingerprint density at radius 3 is 2.59 bits per heavy atom. The monoisotopic (exact) mass is 417 g/mol. The number of halogens is 1. The summed E-state index contributed by atoms with van der Waals surface area (Å²) < 4.78 is 7.65.